The predicted octanol–water partition coefficient (Wildman–Crippen LogP) is 3.51. The number of carbonyl (C=O) groups excluding carboxylic acids is 1. The normalized spacial score (nSPS) is 11.7. The van der Waals surface area contributed by atoms with Crippen molar-refractivity contribution in [1.82, 2.24) is 14.9 Å². The molecule has 0 saturated carbocycles. The number of primary amides is 1. The highest BCUT2D eigenvalue weighted by Gasteiger charge is 2.24. The van der Waals surface area contributed by atoms with E-state index in [0.717, 1.165) is 34.9 Å². The van der Waals surface area contributed by atoms with Crippen molar-refractivity contribution in [2.24, 2.45) is 5.73 Å². The average Bonchev–Trinajstić information content (AvgIpc) is 2.98. The van der Waals surface area contributed by atoms with Crippen molar-refractivity contribution in [2.75, 3.05) is 0 Å². The Morgan fingerprint density at radius 2 is 1.85 bits per heavy atom. The molecule has 0 aliphatic carbocycles. The van der Waals surface area contributed by atoms with Crippen LogP contribution in [-0.4, -0.2) is 21.0 Å². The number of benzene rings is 2. The highest BCUT2D eigenvalue weighted by molar-refractivity contribution is 5.83. The predicted molar refractivity (Wildman–Crippen MR) is 107 cm³/mol. The zero-order valence-corrected chi connectivity index (χ0v) is 16.2. The Balaban J connectivity index is 1.87. The van der Waals surface area contributed by atoms with E-state index in [1.807, 2.05) is 49.4 Å². The molecule has 1 aromatic heterocycles. The van der Waals surface area contributed by atoms with Gasteiger partial charge in [-0.25, -0.2) is 4.98 Å². The van der Waals surface area contributed by atoms with Crippen LogP contribution >= 0.6 is 0 Å². The topological polar surface area (TPSA) is 82.2 Å². The molecule has 0 bridgehead atoms. The summed E-state index contributed by atoms with van der Waals surface area (Å²) in [6.07, 6.45) is 0. The van der Waals surface area contributed by atoms with Gasteiger partial charge in [0.2, 0.25) is 5.91 Å². The third-order valence-electron chi connectivity index (χ3n) is 4.68. The van der Waals surface area contributed by atoms with Gasteiger partial charge in [0.15, 0.2) is 0 Å². The van der Waals surface area contributed by atoms with E-state index in [1.54, 1.807) is 13.8 Å². The maximum absolute atomic E-state index is 11.5. The molecule has 27 heavy (non-hydrogen) atoms. The van der Waals surface area contributed by atoms with Crippen LogP contribution in [0.2, 0.25) is 0 Å². The molecular weight excluding hydrogens is 340 g/mol. The zero-order chi connectivity index (χ0) is 19.6. The molecule has 0 aliphatic heterocycles. The first-order valence-electron chi connectivity index (χ1n) is 9.09. The molecule has 0 aliphatic rings. The van der Waals surface area contributed by atoms with Crippen LogP contribution in [-0.2, 0) is 17.9 Å². The second kappa shape index (κ2) is 7.40. The number of rotatable bonds is 7. The van der Waals surface area contributed by atoms with Crippen LogP contribution in [0.4, 0.5) is 0 Å². The van der Waals surface area contributed by atoms with Crippen LogP contribution in [0.1, 0.15) is 32.2 Å². The number of aromatic nitrogens is 2. The van der Waals surface area contributed by atoms with Gasteiger partial charge in [-0.05, 0) is 52.0 Å². The molecule has 0 saturated heterocycles. The van der Waals surface area contributed by atoms with Gasteiger partial charge in [0.25, 0.3) is 0 Å². The lowest BCUT2D eigenvalue weighted by Crippen LogP contribution is -2.50. The molecule has 0 fully saturated rings. The Bertz CT molecular complexity index is 958. The van der Waals surface area contributed by atoms with E-state index in [-0.39, 0.29) is 0 Å². The number of hydrogen-bond donors (Lipinski definition) is 2. The summed E-state index contributed by atoms with van der Waals surface area (Å²) < 4.78 is 8.09. The first kappa shape index (κ1) is 18.9. The minimum atomic E-state index is -0.795. The maximum Gasteiger partial charge on any atom is 0.237 e. The highest BCUT2D eigenvalue weighted by atomic mass is 16.5. The number of aryl methyl sites for hydroxylation is 2. The number of nitrogens with one attached hydrogen (secondary N) is 1. The Morgan fingerprint density at radius 3 is 2.48 bits per heavy atom. The standard InChI is InChI=1S/C21H26N4O2/c1-5-25-18-12-16(27-15-8-6-14(2)7-9-15)10-11-17(18)24-19(25)13-23-21(3,4)20(22)26/h6-12,23H,5,13H2,1-4H3,(H2,22,26). The summed E-state index contributed by atoms with van der Waals surface area (Å²) in [4.78, 5) is 16.2. The summed E-state index contributed by atoms with van der Waals surface area (Å²) in [5.74, 6) is 2.02. The van der Waals surface area contributed by atoms with Crippen molar-refractivity contribution in [1.29, 1.82) is 0 Å². The van der Waals surface area contributed by atoms with Crippen molar-refractivity contribution in [3.05, 3.63) is 53.9 Å². The van der Waals surface area contributed by atoms with Crippen LogP contribution in [0.15, 0.2) is 42.5 Å². The number of imidazole rings is 1. The first-order chi connectivity index (χ1) is 12.8. The molecular formula is C21H26N4O2. The lowest BCUT2D eigenvalue weighted by Gasteiger charge is -2.22. The van der Waals surface area contributed by atoms with Gasteiger partial charge in [0.05, 0.1) is 23.1 Å². The van der Waals surface area contributed by atoms with E-state index in [2.05, 4.69) is 16.8 Å². The largest absolute Gasteiger partial charge is 0.457 e. The first-order valence-corrected chi connectivity index (χ1v) is 9.09. The van der Waals surface area contributed by atoms with Crippen molar-refractivity contribution in [2.45, 2.75) is 46.3 Å². The summed E-state index contributed by atoms with van der Waals surface area (Å²) in [7, 11) is 0. The van der Waals surface area contributed by atoms with Gasteiger partial charge in [-0.2, -0.15) is 0 Å². The van der Waals surface area contributed by atoms with Crippen molar-refractivity contribution >= 4 is 16.9 Å². The Labute approximate surface area is 159 Å². The maximum atomic E-state index is 11.5. The number of amides is 1. The third-order valence-corrected chi connectivity index (χ3v) is 4.68. The van der Waals surface area contributed by atoms with E-state index in [0.29, 0.717) is 6.54 Å². The van der Waals surface area contributed by atoms with Gasteiger partial charge in [-0.1, -0.05) is 17.7 Å². The average molecular weight is 366 g/mol. The van der Waals surface area contributed by atoms with Crippen LogP contribution in [0.3, 0.4) is 0 Å². The second-order valence-corrected chi connectivity index (χ2v) is 7.18. The lowest BCUT2D eigenvalue weighted by atomic mass is 10.1. The van der Waals surface area contributed by atoms with E-state index < -0.39 is 11.4 Å². The SMILES string of the molecule is CCn1c(CNC(C)(C)C(N)=O)nc2ccc(Oc3ccc(C)cc3)cc21. The fraction of sp³-hybridized carbons (Fsp3) is 0.333. The summed E-state index contributed by atoms with van der Waals surface area (Å²) in [5.41, 5.74) is 7.72. The van der Waals surface area contributed by atoms with Crippen LogP contribution in [0.25, 0.3) is 11.0 Å². The molecule has 6 nitrogen and oxygen atoms in total. The fourth-order valence-corrected chi connectivity index (χ4v) is 2.83. The van der Waals surface area contributed by atoms with Crippen LogP contribution in [0, 0.1) is 6.92 Å². The van der Waals surface area contributed by atoms with Crippen molar-refractivity contribution in [3.63, 3.8) is 0 Å². The molecule has 142 valence electrons. The number of hydrogen-bond acceptors (Lipinski definition) is 4. The number of nitrogens with zero attached hydrogens (tertiary/aromatic N) is 2. The molecule has 3 N–H and O–H groups in total. The van der Waals surface area contributed by atoms with E-state index in [9.17, 15) is 4.79 Å². The fourth-order valence-electron chi connectivity index (χ4n) is 2.83. The molecule has 2 aromatic carbocycles. The van der Waals surface area contributed by atoms with Gasteiger partial charge in [0.1, 0.15) is 17.3 Å². The van der Waals surface area contributed by atoms with E-state index in [4.69, 9.17) is 15.5 Å². The van der Waals surface area contributed by atoms with Gasteiger partial charge >= 0.3 is 0 Å². The van der Waals surface area contributed by atoms with Crippen molar-refractivity contribution in [3.8, 4) is 11.5 Å². The summed E-state index contributed by atoms with van der Waals surface area (Å²) in [6, 6.07) is 13.8. The molecule has 0 spiro atoms. The van der Waals surface area contributed by atoms with E-state index in [1.165, 1.54) is 5.56 Å². The molecule has 0 radical (unpaired) electrons. The Morgan fingerprint density at radius 1 is 1.19 bits per heavy atom. The van der Waals surface area contributed by atoms with Gasteiger partial charge < -0.3 is 15.0 Å². The molecule has 3 aromatic rings. The minimum absolute atomic E-state index is 0.393. The highest BCUT2D eigenvalue weighted by Crippen LogP contribution is 2.27. The molecule has 0 unspecified atom stereocenters. The summed E-state index contributed by atoms with van der Waals surface area (Å²) in [5, 5.41) is 3.18. The number of nitrogens with two attached hydrogens (primary N) is 1. The summed E-state index contributed by atoms with van der Waals surface area (Å²) >= 11 is 0. The Hall–Kier alpha value is -2.86. The quantitative estimate of drug-likeness (QED) is 0.670. The second-order valence-electron chi connectivity index (χ2n) is 7.18. The van der Waals surface area contributed by atoms with Gasteiger partial charge in [-0.3, -0.25) is 10.1 Å². The zero-order valence-electron chi connectivity index (χ0n) is 16.2. The number of fused-ring (bicyclic) bond motifs is 1. The number of ether oxygens (including phenoxy) is 1. The minimum Gasteiger partial charge on any atom is -0.457 e. The van der Waals surface area contributed by atoms with Crippen molar-refractivity contribution < 1.29 is 9.53 Å². The third kappa shape index (κ3) is 4.11. The summed E-state index contributed by atoms with van der Waals surface area (Å²) in [6.45, 7) is 8.86. The monoisotopic (exact) mass is 366 g/mol. The number of carbonyl (C=O) groups is 1. The lowest BCUT2D eigenvalue weighted by molar-refractivity contribution is -0.123. The van der Waals surface area contributed by atoms with Gasteiger partial charge in [0, 0.05) is 12.6 Å². The molecule has 3 rings (SSSR count). The van der Waals surface area contributed by atoms with Crippen LogP contribution < -0.4 is 15.8 Å². The molecule has 0 atom stereocenters. The molecule has 1 heterocycles. The molecule has 6 heteroatoms. The van der Waals surface area contributed by atoms with E-state index >= 15 is 0 Å². The molecule has 1 amide bonds. The van der Waals surface area contributed by atoms with Gasteiger partial charge in [-0.15, -0.1) is 0 Å². The smallest absolute Gasteiger partial charge is 0.237 e. The van der Waals surface area contributed by atoms with Crippen LogP contribution in [0.5, 0.6) is 11.5 Å². The Kier molecular flexibility index (Phi) is 5.19.